The number of nitrogens with zero attached hydrogens (tertiary/aromatic N) is 4. The zero-order valence-corrected chi connectivity index (χ0v) is 72.8. The molecule has 0 radical (unpaired) electrons. The lowest BCUT2D eigenvalue weighted by Crippen LogP contribution is -2.36. The molecular formula is C94H108Cl4F7N11O2. The second kappa shape index (κ2) is 41.1. The molecule has 24 heteroatoms. The van der Waals surface area contributed by atoms with Gasteiger partial charge in [-0.15, -0.1) is 13.2 Å². The molecule has 0 saturated heterocycles. The average molecular weight is 1700 g/mol. The number of pyridine rings is 4. The second-order valence-corrected chi connectivity index (χ2v) is 35.4. The summed E-state index contributed by atoms with van der Waals surface area (Å²) in [6, 6.07) is 47.4. The number of aromatic nitrogens is 4. The zero-order valence-electron chi connectivity index (χ0n) is 69.8. The molecule has 4 aromatic heterocycles. The Morgan fingerprint density at radius 3 is 1.04 bits per heavy atom. The van der Waals surface area contributed by atoms with Crippen LogP contribution < -0.4 is 46.7 Å². The molecule has 0 fully saturated rings. The van der Waals surface area contributed by atoms with E-state index in [0.29, 0.717) is 32.2 Å². The summed E-state index contributed by atoms with van der Waals surface area (Å²) >= 11 is 24.6. The van der Waals surface area contributed by atoms with Crippen molar-refractivity contribution >= 4 is 113 Å². The van der Waals surface area contributed by atoms with Crippen LogP contribution in [0.2, 0.25) is 20.1 Å². The van der Waals surface area contributed by atoms with Crippen molar-refractivity contribution in [1.29, 1.82) is 0 Å². The van der Waals surface area contributed by atoms with Crippen LogP contribution in [0.3, 0.4) is 0 Å². The van der Waals surface area contributed by atoms with Crippen molar-refractivity contribution < 1.29 is 40.2 Å². The molecule has 0 aliphatic carbocycles. The van der Waals surface area contributed by atoms with E-state index in [0.717, 1.165) is 182 Å². The van der Waals surface area contributed by atoms with Gasteiger partial charge in [0.25, 0.3) is 0 Å². The molecule has 0 bridgehead atoms. The maximum Gasteiger partial charge on any atom is 0.573 e. The minimum atomic E-state index is -4.72. The second-order valence-electron chi connectivity index (χ2n) is 33.6. The molecule has 8 aromatic carbocycles. The van der Waals surface area contributed by atoms with Gasteiger partial charge in [-0.3, -0.25) is 19.9 Å². The smallest absolute Gasteiger partial charge is 0.484 e. The van der Waals surface area contributed by atoms with Gasteiger partial charge in [0.1, 0.15) is 17.3 Å². The molecule has 118 heavy (non-hydrogen) atoms. The standard InChI is InChI=1S/C25H29ClF3N3O.C23H24ClF3N2O.C23H27ClFN3.C23H28ClN3/c1-16-10-17(12-19(11-16)33-15-25(27,28)29)21-14-31-22-13-18(26)6-7-20(22)23(21)30-8-5-9-32-24(2,3)4;1-22(2,3)11-4-12-28-21-18-10-7-16(24)13-20(18)29-14-19(21)15-5-8-17(9-6-15)30-23(25,26)27;1-15-6-7-16(12-20(15)25)19-14-27-21-13-17(24)8-9-18(21)22(19)26-10-5-11-28-23(2,3)4;1-16-6-8-17(9-7-16)20-15-26-21-14-18(24)10-11-19(21)22(20)25-12-5-13-27-23(2,3)4/h6-7,10-14,32H,5,8-9,15H2,1-4H3,(H,30,31);5-10,13-14H,4,11-12H2,1-3H3,(H,28,29);6-9,12-14,28H,5,10-11H2,1-4H3,(H,26,27);6-11,14-15,27H,5,12-13H2,1-4H3,(H,25,26). The Bertz CT molecular complexity index is 5340. The molecule has 0 atom stereocenters. The third-order valence-corrected chi connectivity index (χ3v) is 19.6. The SMILES string of the molecule is CC(C)(C)CCCNc1c(-c2ccc(OC(F)(F)F)cc2)cnc2cc(Cl)ccc12.Cc1cc(OCC(F)(F)F)cc(-c2cnc3cc(Cl)ccc3c2NCCCNC(C)(C)C)c1.Cc1ccc(-c2cnc3cc(Cl)ccc3c2NCCCNC(C)(C)C)cc1.Cc1ccc(-c2cnc3cc(Cl)ccc3c2NCCCNC(C)(C)C)cc1F. The molecule has 628 valence electrons. The van der Waals surface area contributed by atoms with Crippen LogP contribution in [0.4, 0.5) is 53.5 Å². The van der Waals surface area contributed by atoms with Crippen LogP contribution in [0.25, 0.3) is 88.1 Å². The van der Waals surface area contributed by atoms with Crippen molar-refractivity contribution in [3.05, 3.63) is 225 Å². The Hall–Kier alpha value is -9.25. The largest absolute Gasteiger partial charge is 0.573 e. The third-order valence-electron chi connectivity index (χ3n) is 18.7. The average Bonchev–Trinajstić information content (AvgIpc) is 0.794. The summed E-state index contributed by atoms with van der Waals surface area (Å²) in [6.07, 6.45) is 3.00. The van der Waals surface area contributed by atoms with E-state index < -0.39 is 19.1 Å². The van der Waals surface area contributed by atoms with Gasteiger partial charge in [-0.2, -0.15) is 13.2 Å². The first-order valence-corrected chi connectivity index (χ1v) is 41.1. The summed E-state index contributed by atoms with van der Waals surface area (Å²) in [6.45, 7) is 36.3. The van der Waals surface area contributed by atoms with E-state index >= 15 is 0 Å². The van der Waals surface area contributed by atoms with Crippen LogP contribution in [-0.2, 0) is 0 Å². The summed E-state index contributed by atoms with van der Waals surface area (Å²) in [4.78, 5) is 18.2. The molecule has 4 heterocycles. The van der Waals surface area contributed by atoms with E-state index in [1.807, 2.05) is 67.7 Å². The van der Waals surface area contributed by atoms with Gasteiger partial charge >= 0.3 is 12.5 Å². The molecule has 0 aliphatic rings. The predicted octanol–water partition coefficient (Wildman–Crippen LogP) is 26.9. The van der Waals surface area contributed by atoms with E-state index in [1.165, 1.54) is 23.3 Å². The van der Waals surface area contributed by atoms with Crippen molar-refractivity contribution in [2.75, 3.05) is 73.7 Å². The molecule has 13 nitrogen and oxygen atoms in total. The molecule has 12 rings (SSSR count). The highest BCUT2D eigenvalue weighted by Crippen LogP contribution is 2.42. The minimum Gasteiger partial charge on any atom is -0.484 e. The van der Waals surface area contributed by atoms with Crippen molar-refractivity contribution in [3.8, 4) is 56.0 Å². The molecule has 0 saturated carbocycles. The molecule has 0 unspecified atom stereocenters. The van der Waals surface area contributed by atoms with Gasteiger partial charge in [0, 0.05) is 131 Å². The highest BCUT2D eigenvalue weighted by Gasteiger charge is 2.32. The number of hydrogen-bond donors (Lipinski definition) is 7. The lowest BCUT2D eigenvalue weighted by Gasteiger charge is -2.21. The number of ether oxygens (including phenoxy) is 2. The van der Waals surface area contributed by atoms with E-state index in [2.05, 4.69) is 182 Å². The lowest BCUT2D eigenvalue weighted by atomic mass is 9.90. The Balaban J connectivity index is 0.000000180. The highest BCUT2D eigenvalue weighted by atomic mass is 35.5. The van der Waals surface area contributed by atoms with Gasteiger partial charge in [0.05, 0.1) is 44.8 Å². The quantitative estimate of drug-likeness (QED) is 0.0203. The van der Waals surface area contributed by atoms with Crippen LogP contribution in [0.1, 0.15) is 132 Å². The van der Waals surface area contributed by atoms with Crippen molar-refractivity contribution in [1.82, 2.24) is 35.9 Å². The Morgan fingerprint density at radius 2 is 0.695 bits per heavy atom. The summed E-state index contributed by atoms with van der Waals surface area (Å²) in [5, 5.41) is 31.1. The van der Waals surface area contributed by atoms with Crippen molar-refractivity contribution in [3.63, 3.8) is 0 Å². The number of halogens is 11. The summed E-state index contributed by atoms with van der Waals surface area (Å²) in [5.74, 6) is -0.306. The lowest BCUT2D eigenvalue weighted by molar-refractivity contribution is -0.274. The van der Waals surface area contributed by atoms with Crippen LogP contribution in [0.5, 0.6) is 11.5 Å². The maximum atomic E-state index is 14.2. The van der Waals surface area contributed by atoms with Gasteiger partial charge in [-0.1, -0.05) is 127 Å². The first-order chi connectivity index (χ1) is 55.5. The summed E-state index contributed by atoms with van der Waals surface area (Å²) < 4.78 is 98.4. The minimum absolute atomic E-state index is 0.0413. The van der Waals surface area contributed by atoms with E-state index in [4.69, 9.17) is 51.1 Å². The number of rotatable bonds is 26. The third kappa shape index (κ3) is 29.3. The number of alkyl halides is 6. The number of hydrogen-bond acceptors (Lipinski definition) is 13. The fourth-order valence-corrected chi connectivity index (χ4v) is 13.6. The zero-order chi connectivity index (χ0) is 85.9. The molecular weight excluding hydrogens is 1590 g/mol. The monoisotopic (exact) mass is 1700 g/mol. The number of anilines is 4. The first kappa shape index (κ1) is 92.6. The fourth-order valence-electron chi connectivity index (χ4n) is 12.9. The Kier molecular flexibility index (Phi) is 32.3. The highest BCUT2D eigenvalue weighted by molar-refractivity contribution is 6.32. The normalized spacial score (nSPS) is 12.0. The molecule has 7 N–H and O–H groups in total. The van der Waals surface area contributed by atoms with Gasteiger partial charge in [0.2, 0.25) is 0 Å². The molecule has 0 spiro atoms. The Labute approximate surface area is 709 Å². The van der Waals surface area contributed by atoms with Gasteiger partial charge in [-0.05, 0) is 277 Å². The maximum absolute atomic E-state index is 14.2. The van der Waals surface area contributed by atoms with Crippen LogP contribution in [-0.4, -0.2) is 102 Å². The molecule has 0 amide bonds. The van der Waals surface area contributed by atoms with Crippen LogP contribution >= 0.6 is 46.4 Å². The van der Waals surface area contributed by atoms with Gasteiger partial charge < -0.3 is 46.7 Å². The summed E-state index contributed by atoms with van der Waals surface area (Å²) in [5.41, 5.74) is 17.3. The van der Waals surface area contributed by atoms with Gasteiger partial charge in [0.15, 0.2) is 6.61 Å². The fraction of sp³-hybridized carbons (Fsp3) is 0.362. The predicted molar refractivity (Wildman–Crippen MR) is 481 cm³/mol. The van der Waals surface area contributed by atoms with E-state index in [-0.39, 0.29) is 39.3 Å². The topological polar surface area (TPSA) is 154 Å². The number of nitrogens with one attached hydrogen (secondary N) is 7. The van der Waals surface area contributed by atoms with Crippen molar-refractivity contribution in [2.45, 2.75) is 165 Å². The van der Waals surface area contributed by atoms with Crippen LogP contribution in [0.15, 0.2) is 183 Å². The Morgan fingerprint density at radius 1 is 0.347 bits per heavy atom. The van der Waals surface area contributed by atoms with E-state index in [9.17, 15) is 30.7 Å². The number of benzene rings is 8. The molecule has 0 aliphatic heterocycles. The van der Waals surface area contributed by atoms with Crippen LogP contribution in [0, 0.1) is 32.0 Å². The van der Waals surface area contributed by atoms with Crippen molar-refractivity contribution in [2.24, 2.45) is 5.41 Å². The van der Waals surface area contributed by atoms with E-state index in [1.54, 1.807) is 86.2 Å². The first-order valence-electron chi connectivity index (χ1n) is 39.6. The van der Waals surface area contributed by atoms with Gasteiger partial charge in [-0.25, -0.2) is 4.39 Å². The molecule has 12 aromatic rings. The number of fused-ring (bicyclic) bond motifs is 4. The number of aryl methyl sites for hydroxylation is 3. The summed E-state index contributed by atoms with van der Waals surface area (Å²) in [7, 11) is 0.